The van der Waals surface area contributed by atoms with Crippen molar-refractivity contribution in [1.29, 1.82) is 0 Å². The van der Waals surface area contributed by atoms with Crippen LogP contribution in [0.4, 0.5) is 0 Å². The van der Waals surface area contributed by atoms with Gasteiger partial charge in [-0.15, -0.1) is 0 Å². The highest BCUT2D eigenvalue weighted by atomic mass is 35.5. The van der Waals surface area contributed by atoms with Gasteiger partial charge in [0.25, 0.3) is 5.91 Å². The Morgan fingerprint density at radius 1 is 1.21 bits per heavy atom. The molecule has 3 heterocycles. The fourth-order valence-electron chi connectivity index (χ4n) is 3.04. The minimum Gasteiger partial charge on any atom is -0.334 e. The third-order valence-corrected chi connectivity index (χ3v) is 4.96. The first-order chi connectivity index (χ1) is 11.5. The second-order valence-electron chi connectivity index (χ2n) is 5.89. The van der Waals surface area contributed by atoms with Crippen molar-refractivity contribution in [2.75, 3.05) is 6.54 Å². The average molecular weight is 361 g/mol. The molecule has 0 unspecified atom stereocenters. The van der Waals surface area contributed by atoms with Crippen molar-refractivity contribution >= 4 is 34.8 Å². The van der Waals surface area contributed by atoms with Crippen LogP contribution in [0.3, 0.4) is 0 Å². The van der Waals surface area contributed by atoms with E-state index >= 15 is 0 Å². The molecule has 1 amide bonds. The molecule has 122 valence electrons. The van der Waals surface area contributed by atoms with Gasteiger partial charge in [0.1, 0.15) is 0 Å². The molecule has 3 aromatic rings. The number of carbonyl (C=O) groups is 1. The number of amides is 1. The third-order valence-electron chi connectivity index (χ3n) is 4.23. The van der Waals surface area contributed by atoms with E-state index in [-0.39, 0.29) is 5.91 Å². The molecule has 0 fully saturated rings. The second-order valence-corrected chi connectivity index (χ2v) is 6.71. The molecule has 1 aliphatic rings. The van der Waals surface area contributed by atoms with Crippen LogP contribution in [0.1, 0.15) is 27.3 Å². The SMILES string of the molecule is Cc1cc2ncc3c(n2n1)CCN(C(=O)c1ccc(Cl)c(Cl)c1)C3. The maximum Gasteiger partial charge on any atom is 0.254 e. The van der Waals surface area contributed by atoms with Gasteiger partial charge in [0.2, 0.25) is 0 Å². The van der Waals surface area contributed by atoms with E-state index in [1.165, 1.54) is 0 Å². The average Bonchev–Trinajstić information content (AvgIpc) is 2.97. The Labute approximate surface area is 148 Å². The van der Waals surface area contributed by atoms with E-state index in [0.717, 1.165) is 29.0 Å². The van der Waals surface area contributed by atoms with Crippen molar-refractivity contribution in [3.8, 4) is 0 Å². The van der Waals surface area contributed by atoms with Crippen molar-refractivity contribution in [2.24, 2.45) is 0 Å². The van der Waals surface area contributed by atoms with Crippen LogP contribution in [0.25, 0.3) is 5.65 Å². The molecule has 7 heteroatoms. The van der Waals surface area contributed by atoms with Crippen LogP contribution in [0.5, 0.6) is 0 Å². The molecule has 0 saturated heterocycles. The molecule has 0 spiro atoms. The highest BCUT2D eigenvalue weighted by Gasteiger charge is 2.24. The van der Waals surface area contributed by atoms with E-state index in [2.05, 4.69) is 10.1 Å². The molecule has 24 heavy (non-hydrogen) atoms. The Kier molecular flexibility index (Phi) is 3.70. The number of nitrogens with zero attached hydrogens (tertiary/aromatic N) is 4. The highest BCUT2D eigenvalue weighted by Crippen LogP contribution is 2.25. The van der Waals surface area contributed by atoms with Crippen molar-refractivity contribution < 1.29 is 4.79 Å². The Morgan fingerprint density at radius 2 is 2.04 bits per heavy atom. The van der Waals surface area contributed by atoms with Gasteiger partial charge >= 0.3 is 0 Å². The lowest BCUT2D eigenvalue weighted by Crippen LogP contribution is -2.37. The number of benzene rings is 1. The molecule has 0 saturated carbocycles. The molecule has 4 rings (SSSR count). The molecule has 1 aliphatic heterocycles. The number of halogens is 2. The largest absolute Gasteiger partial charge is 0.334 e. The fraction of sp³-hybridized carbons (Fsp3) is 0.235. The van der Waals surface area contributed by atoms with E-state index in [4.69, 9.17) is 23.2 Å². The molecular weight excluding hydrogens is 347 g/mol. The lowest BCUT2D eigenvalue weighted by Gasteiger charge is -2.29. The molecule has 0 atom stereocenters. The van der Waals surface area contributed by atoms with E-state index in [1.807, 2.05) is 23.7 Å². The van der Waals surface area contributed by atoms with Crippen LogP contribution >= 0.6 is 23.2 Å². The third kappa shape index (κ3) is 2.54. The van der Waals surface area contributed by atoms with Gasteiger partial charge in [-0.2, -0.15) is 5.10 Å². The van der Waals surface area contributed by atoms with Crippen molar-refractivity contribution in [2.45, 2.75) is 19.9 Å². The van der Waals surface area contributed by atoms with Crippen LogP contribution in [0, 0.1) is 6.92 Å². The number of hydrogen-bond donors (Lipinski definition) is 0. The lowest BCUT2D eigenvalue weighted by molar-refractivity contribution is 0.0732. The van der Waals surface area contributed by atoms with Gasteiger partial charge in [0.15, 0.2) is 5.65 Å². The standard InChI is InChI=1S/C17H14Cl2N4O/c1-10-6-16-20-8-12-9-22(5-4-15(12)23(16)21-10)17(24)11-2-3-13(18)14(19)7-11/h2-3,6-8H,4-5,9H2,1H3. The van der Waals surface area contributed by atoms with Gasteiger partial charge in [0.05, 0.1) is 21.4 Å². The summed E-state index contributed by atoms with van der Waals surface area (Å²) in [5, 5.41) is 5.32. The summed E-state index contributed by atoms with van der Waals surface area (Å²) in [6, 6.07) is 6.91. The number of fused-ring (bicyclic) bond motifs is 3. The summed E-state index contributed by atoms with van der Waals surface area (Å²) >= 11 is 11.9. The molecule has 0 N–H and O–H groups in total. The number of rotatable bonds is 1. The van der Waals surface area contributed by atoms with Gasteiger partial charge in [-0.05, 0) is 25.1 Å². The Bertz CT molecular complexity index is 967. The first-order valence-corrected chi connectivity index (χ1v) is 8.36. The van der Waals surface area contributed by atoms with Crippen LogP contribution < -0.4 is 0 Å². The topological polar surface area (TPSA) is 50.5 Å². The Morgan fingerprint density at radius 3 is 2.83 bits per heavy atom. The van der Waals surface area contributed by atoms with Crippen molar-refractivity contribution in [1.82, 2.24) is 19.5 Å². The monoisotopic (exact) mass is 360 g/mol. The summed E-state index contributed by atoms with van der Waals surface area (Å²) in [5.74, 6) is -0.0593. The van der Waals surface area contributed by atoms with Crippen molar-refractivity contribution in [3.05, 3.63) is 63.0 Å². The predicted octanol–water partition coefficient (Wildman–Crippen LogP) is 3.54. The molecule has 0 bridgehead atoms. The van der Waals surface area contributed by atoms with Crippen LogP contribution in [0.2, 0.25) is 10.0 Å². The smallest absolute Gasteiger partial charge is 0.254 e. The summed E-state index contributed by atoms with van der Waals surface area (Å²) in [6.45, 7) is 3.09. The molecular formula is C17H14Cl2N4O. The van der Waals surface area contributed by atoms with Gasteiger partial charge < -0.3 is 4.90 Å². The lowest BCUT2D eigenvalue weighted by atomic mass is 10.1. The van der Waals surface area contributed by atoms with Gasteiger partial charge in [-0.3, -0.25) is 4.79 Å². The zero-order valence-corrected chi connectivity index (χ0v) is 14.5. The number of aromatic nitrogens is 3. The molecule has 1 aromatic carbocycles. The van der Waals surface area contributed by atoms with Gasteiger partial charge in [-0.1, -0.05) is 23.2 Å². The predicted molar refractivity (Wildman–Crippen MR) is 92.6 cm³/mol. The normalized spacial score (nSPS) is 14.0. The van der Waals surface area contributed by atoms with Crippen LogP contribution in [-0.4, -0.2) is 31.9 Å². The summed E-state index contributed by atoms with van der Waals surface area (Å²) in [4.78, 5) is 19.0. The van der Waals surface area contributed by atoms with E-state index < -0.39 is 0 Å². The molecule has 0 radical (unpaired) electrons. The summed E-state index contributed by atoms with van der Waals surface area (Å²) in [7, 11) is 0. The quantitative estimate of drug-likeness (QED) is 0.666. The van der Waals surface area contributed by atoms with E-state index in [0.29, 0.717) is 28.7 Å². The van der Waals surface area contributed by atoms with Crippen LogP contribution in [0.15, 0.2) is 30.5 Å². The maximum atomic E-state index is 12.7. The van der Waals surface area contributed by atoms with Crippen molar-refractivity contribution in [3.63, 3.8) is 0 Å². The summed E-state index contributed by atoms with van der Waals surface area (Å²) in [5.41, 5.74) is 4.45. The first-order valence-electron chi connectivity index (χ1n) is 7.60. The molecule has 5 nitrogen and oxygen atoms in total. The Balaban J connectivity index is 1.65. The Hall–Kier alpha value is -2.11. The minimum absolute atomic E-state index is 0.0593. The zero-order valence-electron chi connectivity index (χ0n) is 13.0. The molecule has 2 aromatic heterocycles. The van der Waals surface area contributed by atoms with Gasteiger partial charge in [0, 0.05) is 42.9 Å². The fourth-order valence-corrected chi connectivity index (χ4v) is 3.34. The number of hydrogen-bond acceptors (Lipinski definition) is 3. The summed E-state index contributed by atoms with van der Waals surface area (Å²) in [6.07, 6.45) is 2.57. The minimum atomic E-state index is -0.0593. The number of carbonyl (C=O) groups excluding carboxylic acids is 1. The summed E-state index contributed by atoms with van der Waals surface area (Å²) < 4.78 is 1.88. The maximum absolute atomic E-state index is 12.7. The highest BCUT2D eigenvalue weighted by molar-refractivity contribution is 6.42. The van der Waals surface area contributed by atoms with E-state index in [9.17, 15) is 4.79 Å². The van der Waals surface area contributed by atoms with Crippen LogP contribution in [-0.2, 0) is 13.0 Å². The molecule has 0 aliphatic carbocycles. The number of aryl methyl sites for hydroxylation is 1. The van der Waals surface area contributed by atoms with E-state index in [1.54, 1.807) is 23.1 Å². The van der Waals surface area contributed by atoms with Gasteiger partial charge in [-0.25, -0.2) is 9.50 Å². The first kappa shape index (κ1) is 15.4. The second kappa shape index (κ2) is 5.76. The zero-order chi connectivity index (χ0) is 16.8.